The van der Waals surface area contributed by atoms with Crippen molar-refractivity contribution in [3.05, 3.63) is 15.9 Å². The first-order valence-electron chi connectivity index (χ1n) is 5.86. The summed E-state index contributed by atoms with van der Waals surface area (Å²) in [6.07, 6.45) is 1.03. The fourth-order valence-corrected chi connectivity index (χ4v) is 2.47. The first kappa shape index (κ1) is 12.6. The second-order valence-electron chi connectivity index (χ2n) is 4.49. The van der Waals surface area contributed by atoms with Crippen LogP contribution in [-0.4, -0.2) is 28.3 Å². The van der Waals surface area contributed by atoms with Gasteiger partial charge in [0, 0.05) is 19.1 Å². The van der Waals surface area contributed by atoms with Crippen molar-refractivity contribution in [2.24, 2.45) is 0 Å². The summed E-state index contributed by atoms with van der Waals surface area (Å²) in [5, 5.41) is 10.6. The molecule has 1 aromatic rings. The van der Waals surface area contributed by atoms with Gasteiger partial charge < -0.3 is 10.6 Å². The Kier molecular flexibility index (Phi) is 3.83. The lowest BCUT2D eigenvalue weighted by Gasteiger charge is -2.06. The van der Waals surface area contributed by atoms with Gasteiger partial charge in [-0.3, -0.25) is 9.48 Å². The van der Waals surface area contributed by atoms with Gasteiger partial charge in [-0.25, -0.2) is 0 Å². The summed E-state index contributed by atoms with van der Waals surface area (Å²) in [4.78, 5) is 11.9. The van der Waals surface area contributed by atoms with Crippen LogP contribution < -0.4 is 10.6 Å². The van der Waals surface area contributed by atoms with Crippen molar-refractivity contribution in [3.8, 4) is 0 Å². The minimum atomic E-state index is -0.118. The molecule has 94 valence electrons. The number of hydrogen-bond acceptors (Lipinski definition) is 3. The number of fused-ring (bicyclic) bond motifs is 1. The minimum absolute atomic E-state index is 0.118. The van der Waals surface area contributed by atoms with E-state index in [2.05, 4.69) is 31.7 Å². The summed E-state index contributed by atoms with van der Waals surface area (Å²) in [7, 11) is 0. The van der Waals surface area contributed by atoms with Gasteiger partial charge >= 0.3 is 0 Å². The summed E-state index contributed by atoms with van der Waals surface area (Å²) < 4.78 is 2.73. The number of carbonyl (C=O) groups is 1. The second-order valence-corrected chi connectivity index (χ2v) is 5.28. The molecule has 0 bridgehead atoms. The van der Waals surface area contributed by atoms with Crippen molar-refractivity contribution < 1.29 is 4.79 Å². The van der Waals surface area contributed by atoms with E-state index in [1.165, 1.54) is 0 Å². The molecule has 0 unspecified atom stereocenters. The van der Waals surface area contributed by atoms with Gasteiger partial charge in [-0.1, -0.05) is 0 Å². The normalized spacial score (nSPS) is 15.5. The zero-order valence-electron chi connectivity index (χ0n) is 10.1. The van der Waals surface area contributed by atoms with Crippen LogP contribution in [0.3, 0.4) is 0 Å². The highest BCUT2D eigenvalue weighted by atomic mass is 79.9. The SMILES string of the molecule is CC(C)NC(=O)c1nn2c(c1Br)CNCCC2. The third-order valence-electron chi connectivity index (χ3n) is 2.64. The van der Waals surface area contributed by atoms with Crippen LogP contribution in [0.1, 0.15) is 36.5 Å². The number of rotatable bonds is 2. The third-order valence-corrected chi connectivity index (χ3v) is 3.48. The van der Waals surface area contributed by atoms with E-state index >= 15 is 0 Å². The highest BCUT2D eigenvalue weighted by Gasteiger charge is 2.22. The summed E-state index contributed by atoms with van der Waals surface area (Å²) in [5.41, 5.74) is 1.54. The predicted molar refractivity (Wildman–Crippen MR) is 68.9 cm³/mol. The second kappa shape index (κ2) is 5.18. The lowest BCUT2D eigenvalue weighted by molar-refractivity contribution is 0.0936. The van der Waals surface area contributed by atoms with E-state index in [1.54, 1.807) is 0 Å². The monoisotopic (exact) mass is 300 g/mol. The van der Waals surface area contributed by atoms with Gasteiger partial charge in [0.05, 0.1) is 10.2 Å². The summed E-state index contributed by atoms with van der Waals surface area (Å²) in [5.74, 6) is -0.118. The number of hydrogen-bond donors (Lipinski definition) is 2. The van der Waals surface area contributed by atoms with Crippen molar-refractivity contribution >= 4 is 21.8 Å². The average Bonchev–Trinajstić information content (AvgIpc) is 2.47. The number of nitrogens with zero attached hydrogens (tertiary/aromatic N) is 2. The zero-order chi connectivity index (χ0) is 12.4. The number of amides is 1. The molecule has 2 N–H and O–H groups in total. The first-order chi connectivity index (χ1) is 8.09. The van der Waals surface area contributed by atoms with E-state index in [1.807, 2.05) is 18.5 Å². The van der Waals surface area contributed by atoms with Crippen molar-refractivity contribution in [1.29, 1.82) is 0 Å². The van der Waals surface area contributed by atoms with Crippen LogP contribution in [0.5, 0.6) is 0 Å². The van der Waals surface area contributed by atoms with Crippen LogP contribution in [0, 0.1) is 0 Å². The smallest absolute Gasteiger partial charge is 0.273 e. The van der Waals surface area contributed by atoms with Gasteiger partial charge in [-0.2, -0.15) is 5.10 Å². The number of halogens is 1. The summed E-state index contributed by atoms with van der Waals surface area (Å²) >= 11 is 3.48. The number of carbonyl (C=O) groups excluding carboxylic acids is 1. The molecule has 17 heavy (non-hydrogen) atoms. The maximum absolute atomic E-state index is 11.9. The lowest BCUT2D eigenvalue weighted by atomic mass is 10.3. The van der Waals surface area contributed by atoms with Gasteiger partial charge in [-0.05, 0) is 42.7 Å². The van der Waals surface area contributed by atoms with E-state index in [0.717, 1.165) is 36.2 Å². The van der Waals surface area contributed by atoms with Crippen LogP contribution in [0.15, 0.2) is 4.47 Å². The largest absolute Gasteiger partial charge is 0.348 e. The minimum Gasteiger partial charge on any atom is -0.348 e. The van der Waals surface area contributed by atoms with Gasteiger partial charge in [0.2, 0.25) is 0 Å². The molecular formula is C11H17BrN4O. The van der Waals surface area contributed by atoms with E-state index < -0.39 is 0 Å². The van der Waals surface area contributed by atoms with Crippen molar-refractivity contribution in [3.63, 3.8) is 0 Å². The molecule has 1 aliphatic rings. The quantitative estimate of drug-likeness (QED) is 0.865. The Balaban J connectivity index is 2.27. The molecule has 2 rings (SSSR count). The molecule has 0 atom stereocenters. The van der Waals surface area contributed by atoms with E-state index in [0.29, 0.717) is 5.69 Å². The Labute approximate surface area is 109 Å². The fraction of sp³-hybridized carbons (Fsp3) is 0.636. The maximum Gasteiger partial charge on any atom is 0.273 e. The topological polar surface area (TPSA) is 59.0 Å². The molecule has 0 spiro atoms. The molecule has 0 aromatic carbocycles. The molecule has 0 radical (unpaired) electrons. The Morgan fingerprint density at radius 2 is 2.35 bits per heavy atom. The molecule has 2 heterocycles. The summed E-state index contributed by atoms with van der Waals surface area (Å²) in [6, 6.07) is 0.119. The average molecular weight is 301 g/mol. The van der Waals surface area contributed by atoms with Gasteiger partial charge in [0.25, 0.3) is 5.91 Å². The Hall–Kier alpha value is -0.880. The Bertz CT molecular complexity index is 427. The Morgan fingerprint density at radius 1 is 1.59 bits per heavy atom. The molecule has 0 fully saturated rings. The van der Waals surface area contributed by atoms with E-state index in [-0.39, 0.29) is 11.9 Å². The molecular weight excluding hydrogens is 284 g/mol. The first-order valence-corrected chi connectivity index (χ1v) is 6.65. The maximum atomic E-state index is 11.9. The van der Waals surface area contributed by atoms with E-state index in [4.69, 9.17) is 0 Å². The zero-order valence-corrected chi connectivity index (χ0v) is 11.7. The van der Waals surface area contributed by atoms with Crippen LogP contribution in [-0.2, 0) is 13.1 Å². The van der Waals surface area contributed by atoms with Gasteiger partial charge in [-0.15, -0.1) is 0 Å². The van der Waals surface area contributed by atoms with Crippen molar-refractivity contribution in [2.45, 2.75) is 39.4 Å². The highest BCUT2D eigenvalue weighted by molar-refractivity contribution is 9.10. The number of aryl methyl sites for hydroxylation is 1. The van der Waals surface area contributed by atoms with Gasteiger partial charge in [0.1, 0.15) is 0 Å². The van der Waals surface area contributed by atoms with Crippen LogP contribution in [0.2, 0.25) is 0 Å². The lowest BCUT2D eigenvalue weighted by Crippen LogP contribution is -2.30. The molecule has 6 heteroatoms. The molecule has 1 aromatic heterocycles. The van der Waals surface area contributed by atoms with Crippen LogP contribution in [0.4, 0.5) is 0 Å². The standard InChI is InChI=1S/C11H17BrN4O/c1-7(2)14-11(17)10-9(12)8-6-13-4-3-5-16(8)15-10/h7,13H,3-6H2,1-2H3,(H,14,17). The molecule has 0 saturated carbocycles. The molecule has 1 amide bonds. The third kappa shape index (κ3) is 2.69. The molecule has 0 saturated heterocycles. The van der Waals surface area contributed by atoms with E-state index in [9.17, 15) is 4.79 Å². The fourth-order valence-electron chi connectivity index (χ4n) is 1.87. The molecule has 1 aliphatic heterocycles. The number of aromatic nitrogens is 2. The van der Waals surface area contributed by atoms with Crippen molar-refractivity contribution in [2.75, 3.05) is 6.54 Å². The van der Waals surface area contributed by atoms with Crippen LogP contribution in [0.25, 0.3) is 0 Å². The molecule has 5 nitrogen and oxygen atoms in total. The van der Waals surface area contributed by atoms with Gasteiger partial charge in [0.15, 0.2) is 5.69 Å². The van der Waals surface area contributed by atoms with Crippen molar-refractivity contribution in [1.82, 2.24) is 20.4 Å². The van der Waals surface area contributed by atoms with Crippen LogP contribution >= 0.6 is 15.9 Å². The Morgan fingerprint density at radius 3 is 3.06 bits per heavy atom. The number of nitrogens with one attached hydrogen (secondary N) is 2. The predicted octanol–water partition coefficient (Wildman–Crippen LogP) is 1.28. The molecule has 0 aliphatic carbocycles. The highest BCUT2D eigenvalue weighted by Crippen LogP contribution is 2.23. The summed E-state index contributed by atoms with van der Waals surface area (Å²) in [6.45, 7) is 6.48.